The van der Waals surface area contributed by atoms with E-state index in [1.54, 1.807) is 0 Å². The van der Waals surface area contributed by atoms with E-state index in [0.717, 1.165) is 6.54 Å². The van der Waals surface area contributed by atoms with Gasteiger partial charge in [-0.15, -0.1) is 0 Å². The molecule has 0 amide bonds. The number of aliphatic carboxylic acids is 1. The minimum absolute atomic E-state index is 0.278. The van der Waals surface area contributed by atoms with Gasteiger partial charge in [-0.05, 0) is 33.5 Å². The van der Waals surface area contributed by atoms with E-state index in [9.17, 15) is 4.79 Å². The van der Waals surface area contributed by atoms with Crippen LogP contribution in [0.25, 0.3) is 0 Å². The molecule has 0 aromatic carbocycles. The van der Waals surface area contributed by atoms with Crippen LogP contribution in [0.2, 0.25) is 0 Å². The van der Waals surface area contributed by atoms with Crippen molar-refractivity contribution in [1.82, 2.24) is 10.2 Å². The smallest absolute Gasteiger partial charge is 0.317 e. The first kappa shape index (κ1) is 18.7. The molecule has 0 rings (SSSR count). The van der Waals surface area contributed by atoms with Gasteiger partial charge in [-0.2, -0.15) is 0 Å². The summed E-state index contributed by atoms with van der Waals surface area (Å²) in [6.07, 6.45) is 5.69. The molecule has 0 bridgehead atoms. The van der Waals surface area contributed by atoms with E-state index in [2.05, 4.69) is 43.9 Å². The molecule has 0 radical (unpaired) electrons. The molecule has 0 aromatic heterocycles. The van der Waals surface area contributed by atoms with Crippen molar-refractivity contribution in [3.05, 3.63) is 0 Å². The number of unbranched alkanes of at least 4 members (excludes halogenated alkanes) is 2. The highest BCUT2D eigenvalue weighted by atomic mass is 16.4. The molecule has 0 aliphatic heterocycles. The van der Waals surface area contributed by atoms with Gasteiger partial charge >= 0.3 is 5.97 Å². The number of hydrogen-bond acceptors (Lipinski definition) is 4. The standard InChI is InChI=1S/C10H24N2.C2H5NO2/c1-5-7-8-9-11-10(6-2)12(3)4;3-1-2(4)5/h10-11H,5-9H2,1-4H3;1,3H2,(H,4,5). The first-order valence-electron chi connectivity index (χ1n) is 6.31. The third-order valence-corrected chi connectivity index (χ3v) is 2.34. The fourth-order valence-corrected chi connectivity index (χ4v) is 1.34. The van der Waals surface area contributed by atoms with Crippen molar-refractivity contribution in [2.75, 3.05) is 27.2 Å². The second-order valence-corrected chi connectivity index (χ2v) is 4.15. The molecule has 17 heavy (non-hydrogen) atoms. The summed E-state index contributed by atoms with van der Waals surface area (Å²) < 4.78 is 0. The van der Waals surface area contributed by atoms with Gasteiger partial charge in [0, 0.05) is 0 Å². The van der Waals surface area contributed by atoms with Crippen molar-refractivity contribution in [2.24, 2.45) is 5.73 Å². The molecule has 0 spiro atoms. The largest absolute Gasteiger partial charge is 0.480 e. The molecule has 0 fully saturated rings. The lowest BCUT2D eigenvalue weighted by Crippen LogP contribution is -2.41. The van der Waals surface area contributed by atoms with Crippen LogP contribution in [0.5, 0.6) is 0 Å². The zero-order valence-electron chi connectivity index (χ0n) is 11.7. The van der Waals surface area contributed by atoms with Crippen LogP contribution in [0.15, 0.2) is 0 Å². The van der Waals surface area contributed by atoms with Crippen LogP contribution in [0, 0.1) is 0 Å². The summed E-state index contributed by atoms with van der Waals surface area (Å²) in [4.78, 5) is 11.5. The number of rotatable bonds is 8. The van der Waals surface area contributed by atoms with Gasteiger partial charge in [0.05, 0.1) is 12.7 Å². The van der Waals surface area contributed by atoms with E-state index in [0.29, 0.717) is 6.17 Å². The van der Waals surface area contributed by atoms with Crippen LogP contribution >= 0.6 is 0 Å². The molecule has 5 nitrogen and oxygen atoms in total. The highest BCUT2D eigenvalue weighted by Crippen LogP contribution is 1.96. The Kier molecular flexibility index (Phi) is 14.8. The molecule has 0 aromatic rings. The zero-order valence-corrected chi connectivity index (χ0v) is 11.7. The molecule has 0 heterocycles. The molecular weight excluding hydrogens is 218 g/mol. The van der Waals surface area contributed by atoms with E-state index in [1.165, 1.54) is 25.7 Å². The van der Waals surface area contributed by atoms with Gasteiger partial charge in [0.1, 0.15) is 0 Å². The Balaban J connectivity index is 0. The molecule has 104 valence electrons. The van der Waals surface area contributed by atoms with Gasteiger partial charge in [-0.25, -0.2) is 0 Å². The number of carboxylic acids is 1. The van der Waals surface area contributed by atoms with Crippen molar-refractivity contribution in [3.63, 3.8) is 0 Å². The second kappa shape index (κ2) is 13.4. The van der Waals surface area contributed by atoms with Crippen LogP contribution < -0.4 is 11.1 Å². The minimum Gasteiger partial charge on any atom is -0.480 e. The summed E-state index contributed by atoms with van der Waals surface area (Å²) in [5.41, 5.74) is 4.57. The third-order valence-electron chi connectivity index (χ3n) is 2.34. The molecule has 1 unspecified atom stereocenters. The first-order chi connectivity index (χ1) is 7.99. The number of nitrogens with one attached hydrogen (secondary N) is 1. The van der Waals surface area contributed by atoms with Gasteiger partial charge in [0.15, 0.2) is 0 Å². The van der Waals surface area contributed by atoms with Gasteiger partial charge in [-0.3, -0.25) is 9.69 Å². The fourth-order valence-electron chi connectivity index (χ4n) is 1.34. The predicted molar refractivity (Wildman–Crippen MR) is 72.0 cm³/mol. The molecule has 0 saturated carbocycles. The Morgan fingerprint density at radius 3 is 2.18 bits per heavy atom. The van der Waals surface area contributed by atoms with Crippen LogP contribution in [0.4, 0.5) is 0 Å². The highest BCUT2D eigenvalue weighted by molar-refractivity contribution is 5.68. The maximum Gasteiger partial charge on any atom is 0.317 e. The van der Waals surface area contributed by atoms with Gasteiger partial charge in [0.25, 0.3) is 0 Å². The molecule has 0 aliphatic rings. The van der Waals surface area contributed by atoms with Crippen molar-refractivity contribution in [2.45, 2.75) is 45.7 Å². The normalized spacial score (nSPS) is 11.9. The summed E-state index contributed by atoms with van der Waals surface area (Å²) in [5.74, 6) is -0.968. The SMILES string of the molecule is CCCCCNC(CC)N(C)C.NCC(=O)O. The molecule has 0 aliphatic carbocycles. The third kappa shape index (κ3) is 15.4. The summed E-state index contributed by atoms with van der Waals surface area (Å²) in [5, 5.41) is 11.1. The fraction of sp³-hybridized carbons (Fsp3) is 0.917. The highest BCUT2D eigenvalue weighted by Gasteiger charge is 2.05. The van der Waals surface area contributed by atoms with Gasteiger partial charge in [-0.1, -0.05) is 26.7 Å². The summed E-state index contributed by atoms with van der Waals surface area (Å²) >= 11 is 0. The zero-order chi connectivity index (χ0) is 13.7. The van der Waals surface area contributed by atoms with Gasteiger partial charge in [0.2, 0.25) is 0 Å². The van der Waals surface area contributed by atoms with E-state index >= 15 is 0 Å². The average Bonchev–Trinajstić information content (AvgIpc) is 2.29. The number of carboxylic acid groups (broad SMARTS) is 1. The lowest BCUT2D eigenvalue weighted by atomic mass is 10.2. The maximum atomic E-state index is 9.24. The van der Waals surface area contributed by atoms with Crippen molar-refractivity contribution in [1.29, 1.82) is 0 Å². The van der Waals surface area contributed by atoms with Crippen LogP contribution in [-0.4, -0.2) is 49.3 Å². The lowest BCUT2D eigenvalue weighted by Gasteiger charge is -2.24. The number of hydrogen-bond donors (Lipinski definition) is 3. The monoisotopic (exact) mass is 247 g/mol. The second-order valence-electron chi connectivity index (χ2n) is 4.15. The number of nitrogens with two attached hydrogens (primary N) is 1. The topological polar surface area (TPSA) is 78.6 Å². The molecule has 4 N–H and O–H groups in total. The summed E-state index contributed by atoms with van der Waals surface area (Å²) in [6, 6.07) is 0. The number of carbonyl (C=O) groups is 1. The number of nitrogens with zero attached hydrogens (tertiary/aromatic N) is 1. The van der Waals surface area contributed by atoms with Crippen molar-refractivity contribution in [3.8, 4) is 0 Å². The van der Waals surface area contributed by atoms with Gasteiger partial charge < -0.3 is 16.2 Å². The van der Waals surface area contributed by atoms with E-state index in [1.807, 2.05) is 0 Å². The molecular formula is C12H29N3O2. The molecule has 5 heteroatoms. The average molecular weight is 247 g/mol. The quantitative estimate of drug-likeness (QED) is 0.442. The van der Waals surface area contributed by atoms with E-state index < -0.39 is 5.97 Å². The Morgan fingerprint density at radius 1 is 1.35 bits per heavy atom. The van der Waals surface area contributed by atoms with E-state index in [4.69, 9.17) is 5.11 Å². The molecule has 0 saturated heterocycles. The minimum atomic E-state index is -0.968. The lowest BCUT2D eigenvalue weighted by molar-refractivity contribution is -0.135. The summed E-state index contributed by atoms with van der Waals surface area (Å²) in [7, 11) is 4.25. The van der Waals surface area contributed by atoms with E-state index in [-0.39, 0.29) is 6.54 Å². The Morgan fingerprint density at radius 2 is 1.88 bits per heavy atom. The van der Waals surface area contributed by atoms with Crippen LogP contribution in [0.1, 0.15) is 39.5 Å². The van der Waals surface area contributed by atoms with Crippen LogP contribution in [-0.2, 0) is 4.79 Å². The maximum absolute atomic E-state index is 9.24. The Bertz CT molecular complexity index is 175. The predicted octanol–water partition coefficient (Wildman–Crippen LogP) is 1.09. The molecule has 1 atom stereocenters. The summed E-state index contributed by atoms with van der Waals surface area (Å²) in [6.45, 7) is 5.34. The van der Waals surface area contributed by atoms with Crippen molar-refractivity contribution < 1.29 is 9.90 Å². The Hall–Kier alpha value is -0.650. The first-order valence-corrected chi connectivity index (χ1v) is 6.31. The van der Waals surface area contributed by atoms with Crippen LogP contribution in [0.3, 0.4) is 0 Å². The Labute approximate surface area is 105 Å². The van der Waals surface area contributed by atoms with Crippen molar-refractivity contribution >= 4 is 5.97 Å².